The maximum Gasteiger partial charge on any atom is 0.217 e. The highest BCUT2D eigenvalue weighted by molar-refractivity contribution is 5.78. The summed E-state index contributed by atoms with van der Waals surface area (Å²) in [7, 11) is 0. The van der Waals surface area contributed by atoms with Crippen LogP contribution in [0.2, 0.25) is 0 Å². The number of hydrogen-bond acceptors (Lipinski definition) is 3. The fraction of sp³-hybridized carbons (Fsp3) is 0.333. The van der Waals surface area contributed by atoms with Crippen molar-refractivity contribution in [1.29, 1.82) is 0 Å². The summed E-state index contributed by atoms with van der Waals surface area (Å²) < 4.78 is 1.97. The number of nitrogen functional groups attached to an aromatic ring is 1. The summed E-state index contributed by atoms with van der Waals surface area (Å²) in [5.74, 6) is 0.263. The molecule has 0 fully saturated rings. The lowest BCUT2D eigenvalue weighted by Crippen LogP contribution is -2.10. The molecule has 1 aromatic heterocycles. The first-order valence-electron chi connectivity index (χ1n) is 5.67. The predicted octanol–water partition coefficient (Wildman–Crippen LogP) is 1.27. The van der Waals surface area contributed by atoms with Gasteiger partial charge in [0.15, 0.2) is 0 Å². The van der Waals surface area contributed by atoms with E-state index in [2.05, 4.69) is 4.98 Å². The van der Waals surface area contributed by atoms with E-state index in [1.807, 2.05) is 28.8 Å². The molecule has 5 heteroatoms. The van der Waals surface area contributed by atoms with Crippen LogP contribution in [0, 0.1) is 0 Å². The van der Waals surface area contributed by atoms with E-state index in [1.165, 1.54) is 0 Å². The van der Waals surface area contributed by atoms with Crippen molar-refractivity contribution in [3.63, 3.8) is 0 Å². The molecule has 2 rings (SSSR count). The summed E-state index contributed by atoms with van der Waals surface area (Å²) >= 11 is 0. The van der Waals surface area contributed by atoms with E-state index in [0.29, 0.717) is 12.4 Å². The first kappa shape index (κ1) is 11.4. The normalized spacial score (nSPS) is 10.8. The zero-order valence-electron chi connectivity index (χ0n) is 9.60. The minimum Gasteiger partial charge on any atom is -0.370 e. The second-order valence-electron chi connectivity index (χ2n) is 4.03. The monoisotopic (exact) mass is 232 g/mol. The van der Waals surface area contributed by atoms with Crippen LogP contribution in [0.5, 0.6) is 0 Å². The maximum absolute atomic E-state index is 10.6. The molecule has 0 unspecified atom stereocenters. The quantitative estimate of drug-likeness (QED) is 0.761. The van der Waals surface area contributed by atoms with Gasteiger partial charge in [0.2, 0.25) is 11.9 Å². The molecule has 0 aliphatic carbocycles. The van der Waals surface area contributed by atoms with Gasteiger partial charge in [0.25, 0.3) is 0 Å². The summed E-state index contributed by atoms with van der Waals surface area (Å²) in [6.45, 7) is 0.764. The van der Waals surface area contributed by atoms with Crippen LogP contribution in [0.3, 0.4) is 0 Å². The molecule has 4 N–H and O–H groups in total. The number of para-hydroxylation sites is 2. The maximum atomic E-state index is 10.6. The second kappa shape index (κ2) is 4.86. The van der Waals surface area contributed by atoms with Crippen molar-refractivity contribution in [2.75, 3.05) is 5.73 Å². The predicted molar refractivity (Wildman–Crippen MR) is 67.2 cm³/mol. The molecule has 0 bridgehead atoms. The first-order valence-corrected chi connectivity index (χ1v) is 5.67. The van der Waals surface area contributed by atoms with Gasteiger partial charge in [-0.15, -0.1) is 0 Å². The SMILES string of the molecule is NC(=O)CCCCn1c(N)nc2ccccc21. The van der Waals surface area contributed by atoms with Crippen LogP contribution in [0.1, 0.15) is 19.3 Å². The Morgan fingerprint density at radius 1 is 1.29 bits per heavy atom. The van der Waals surface area contributed by atoms with E-state index >= 15 is 0 Å². The van der Waals surface area contributed by atoms with Gasteiger partial charge in [-0.05, 0) is 25.0 Å². The summed E-state index contributed by atoms with van der Waals surface area (Å²) in [4.78, 5) is 14.9. The minimum atomic E-state index is -0.256. The minimum absolute atomic E-state index is 0.256. The van der Waals surface area contributed by atoms with Gasteiger partial charge in [-0.3, -0.25) is 4.79 Å². The highest BCUT2D eigenvalue weighted by atomic mass is 16.1. The smallest absolute Gasteiger partial charge is 0.217 e. The second-order valence-corrected chi connectivity index (χ2v) is 4.03. The van der Waals surface area contributed by atoms with Crippen molar-refractivity contribution in [2.45, 2.75) is 25.8 Å². The van der Waals surface area contributed by atoms with Crippen molar-refractivity contribution < 1.29 is 4.79 Å². The summed E-state index contributed by atoms with van der Waals surface area (Å²) in [5.41, 5.74) is 12.9. The molecule has 0 saturated heterocycles. The molecule has 0 atom stereocenters. The van der Waals surface area contributed by atoms with Crippen LogP contribution in [-0.2, 0) is 11.3 Å². The average Bonchev–Trinajstić information content (AvgIpc) is 2.60. The Morgan fingerprint density at radius 2 is 2.06 bits per heavy atom. The zero-order chi connectivity index (χ0) is 12.3. The van der Waals surface area contributed by atoms with Gasteiger partial charge in [0.1, 0.15) is 0 Å². The van der Waals surface area contributed by atoms with Gasteiger partial charge >= 0.3 is 0 Å². The molecule has 1 aromatic carbocycles. The summed E-state index contributed by atoms with van der Waals surface area (Å²) in [6.07, 6.45) is 2.07. The number of aryl methyl sites for hydroxylation is 1. The molecule has 0 radical (unpaired) electrons. The van der Waals surface area contributed by atoms with E-state index in [9.17, 15) is 4.79 Å². The van der Waals surface area contributed by atoms with Crippen molar-refractivity contribution >= 4 is 22.9 Å². The van der Waals surface area contributed by atoms with E-state index in [-0.39, 0.29) is 5.91 Å². The van der Waals surface area contributed by atoms with Gasteiger partial charge in [-0.1, -0.05) is 12.1 Å². The lowest BCUT2D eigenvalue weighted by Gasteiger charge is -2.05. The molecular weight excluding hydrogens is 216 g/mol. The number of nitrogens with zero attached hydrogens (tertiary/aromatic N) is 2. The Kier molecular flexibility index (Phi) is 3.27. The number of anilines is 1. The third-order valence-electron chi connectivity index (χ3n) is 2.74. The van der Waals surface area contributed by atoms with Gasteiger partial charge < -0.3 is 16.0 Å². The molecule has 5 nitrogen and oxygen atoms in total. The number of hydrogen-bond donors (Lipinski definition) is 2. The van der Waals surface area contributed by atoms with Gasteiger partial charge in [-0.2, -0.15) is 0 Å². The zero-order valence-corrected chi connectivity index (χ0v) is 9.60. The topological polar surface area (TPSA) is 86.9 Å². The highest BCUT2D eigenvalue weighted by Crippen LogP contribution is 2.18. The number of nitrogens with two attached hydrogens (primary N) is 2. The molecular formula is C12H16N4O. The lowest BCUT2D eigenvalue weighted by atomic mass is 10.2. The highest BCUT2D eigenvalue weighted by Gasteiger charge is 2.06. The number of rotatable bonds is 5. The molecule has 2 aromatic rings. The van der Waals surface area contributed by atoms with Gasteiger partial charge in [-0.25, -0.2) is 4.98 Å². The molecule has 1 heterocycles. The first-order chi connectivity index (χ1) is 8.18. The fourth-order valence-electron chi connectivity index (χ4n) is 1.90. The number of fused-ring (bicyclic) bond motifs is 1. The number of amides is 1. The Balaban J connectivity index is 2.07. The Labute approximate surface area is 99.4 Å². The fourth-order valence-corrected chi connectivity index (χ4v) is 1.90. The van der Waals surface area contributed by atoms with E-state index in [4.69, 9.17) is 11.5 Å². The number of aromatic nitrogens is 2. The molecule has 1 amide bonds. The van der Waals surface area contributed by atoms with Crippen LogP contribution in [0.15, 0.2) is 24.3 Å². The summed E-state index contributed by atoms with van der Waals surface area (Å²) in [5, 5.41) is 0. The Hall–Kier alpha value is -2.04. The van der Waals surface area contributed by atoms with Crippen molar-refractivity contribution in [3.05, 3.63) is 24.3 Å². The van der Waals surface area contributed by atoms with Crippen LogP contribution in [-0.4, -0.2) is 15.5 Å². The number of primary amides is 1. The molecule has 0 aliphatic rings. The van der Waals surface area contributed by atoms with Crippen molar-refractivity contribution in [1.82, 2.24) is 9.55 Å². The number of carbonyl (C=O) groups excluding carboxylic acids is 1. The molecule has 17 heavy (non-hydrogen) atoms. The Morgan fingerprint density at radius 3 is 2.82 bits per heavy atom. The van der Waals surface area contributed by atoms with Crippen LogP contribution >= 0.6 is 0 Å². The van der Waals surface area contributed by atoms with Crippen LogP contribution in [0.25, 0.3) is 11.0 Å². The number of benzene rings is 1. The molecule has 90 valence electrons. The molecule has 0 saturated carbocycles. The number of carbonyl (C=O) groups is 1. The summed E-state index contributed by atoms with van der Waals surface area (Å²) in [6, 6.07) is 7.83. The van der Waals surface area contributed by atoms with Crippen LogP contribution in [0.4, 0.5) is 5.95 Å². The third-order valence-corrected chi connectivity index (χ3v) is 2.74. The van der Waals surface area contributed by atoms with Gasteiger partial charge in [0, 0.05) is 13.0 Å². The van der Waals surface area contributed by atoms with E-state index < -0.39 is 0 Å². The molecule has 0 spiro atoms. The Bertz CT molecular complexity index is 532. The number of unbranched alkanes of at least 4 members (excludes halogenated alkanes) is 1. The number of imidazole rings is 1. The van der Waals surface area contributed by atoms with Crippen LogP contribution < -0.4 is 11.5 Å². The van der Waals surface area contributed by atoms with Crippen molar-refractivity contribution in [3.8, 4) is 0 Å². The van der Waals surface area contributed by atoms with E-state index in [1.54, 1.807) is 0 Å². The largest absolute Gasteiger partial charge is 0.370 e. The standard InChI is InChI=1S/C12H16N4O/c13-11(17)7-3-4-8-16-10-6-2-1-5-9(10)15-12(16)14/h1-2,5-6H,3-4,7-8H2,(H2,13,17)(H2,14,15). The average molecular weight is 232 g/mol. The van der Waals surface area contributed by atoms with E-state index in [0.717, 1.165) is 30.4 Å². The lowest BCUT2D eigenvalue weighted by molar-refractivity contribution is -0.118. The molecule has 0 aliphatic heterocycles. The third kappa shape index (κ3) is 2.55. The van der Waals surface area contributed by atoms with Gasteiger partial charge in [0.05, 0.1) is 11.0 Å². The van der Waals surface area contributed by atoms with Crippen molar-refractivity contribution in [2.24, 2.45) is 5.73 Å².